The first-order valence-corrected chi connectivity index (χ1v) is 11.1. The number of ether oxygens (including phenoxy) is 2. The molecular weight excluding hydrogens is 398 g/mol. The summed E-state index contributed by atoms with van der Waals surface area (Å²) in [4.78, 5) is 41.2. The molecule has 1 aromatic carbocycles. The maximum atomic E-state index is 13.0. The van der Waals surface area contributed by atoms with E-state index in [-0.39, 0.29) is 30.4 Å². The van der Waals surface area contributed by atoms with Gasteiger partial charge in [0.15, 0.2) is 11.5 Å². The Labute approximate surface area is 182 Å². The largest absolute Gasteiger partial charge is 0.493 e. The molecule has 1 aliphatic carbocycles. The molecule has 3 aliphatic rings. The number of nitrogens with zero attached hydrogens (tertiary/aromatic N) is 2. The number of imide groups is 1. The lowest BCUT2D eigenvalue weighted by Gasteiger charge is -2.26. The molecule has 3 fully saturated rings. The first-order valence-electron chi connectivity index (χ1n) is 11.1. The molecule has 2 saturated heterocycles. The Morgan fingerprint density at radius 1 is 1.13 bits per heavy atom. The van der Waals surface area contributed by atoms with E-state index in [9.17, 15) is 14.4 Å². The molecule has 0 bridgehead atoms. The molecule has 2 heterocycles. The summed E-state index contributed by atoms with van der Waals surface area (Å²) in [5.41, 5.74) is 0.343. The van der Waals surface area contributed by atoms with Crippen molar-refractivity contribution in [2.24, 2.45) is 0 Å². The highest BCUT2D eigenvalue weighted by Gasteiger charge is 2.52. The quantitative estimate of drug-likeness (QED) is 0.673. The minimum atomic E-state index is -0.686. The van der Waals surface area contributed by atoms with Crippen molar-refractivity contribution < 1.29 is 23.9 Å². The fraction of sp³-hybridized carbons (Fsp3) is 0.609. The number of carbonyl (C=O) groups is 3. The van der Waals surface area contributed by atoms with Gasteiger partial charge in [0.1, 0.15) is 5.54 Å². The predicted octanol–water partition coefficient (Wildman–Crippen LogP) is 3.01. The Morgan fingerprint density at radius 2 is 1.87 bits per heavy atom. The molecule has 2 aliphatic heterocycles. The van der Waals surface area contributed by atoms with E-state index in [1.807, 2.05) is 23.1 Å². The summed E-state index contributed by atoms with van der Waals surface area (Å²) in [6.45, 7) is 0.997. The molecular formula is C23H31N3O5. The Bertz CT molecular complexity index is 865. The number of carbonyl (C=O) groups excluding carboxylic acids is 3. The van der Waals surface area contributed by atoms with Gasteiger partial charge in [-0.1, -0.05) is 18.9 Å². The van der Waals surface area contributed by atoms with Crippen molar-refractivity contribution in [2.45, 2.75) is 62.9 Å². The highest BCUT2D eigenvalue weighted by molar-refractivity contribution is 6.07. The lowest BCUT2D eigenvalue weighted by atomic mass is 9.98. The summed E-state index contributed by atoms with van der Waals surface area (Å²) in [6, 6.07) is 5.47. The van der Waals surface area contributed by atoms with Gasteiger partial charge in [0, 0.05) is 19.5 Å². The van der Waals surface area contributed by atoms with Crippen LogP contribution in [-0.2, 0) is 9.59 Å². The number of methoxy groups -OCH3 is 2. The van der Waals surface area contributed by atoms with Gasteiger partial charge in [-0.15, -0.1) is 0 Å². The second kappa shape index (κ2) is 8.77. The van der Waals surface area contributed by atoms with Gasteiger partial charge in [0.25, 0.3) is 5.91 Å². The van der Waals surface area contributed by atoms with Crippen molar-refractivity contribution in [3.63, 3.8) is 0 Å². The van der Waals surface area contributed by atoms with Gasteiger partial charge in [0.05, 0.1) is 20.3 Å². The Hall–Kier alpha value is -2.77. The van der Waals surface area contributed by atoms with Crippen LogP contribution in [0, 0.1) is 0 Å². The summed E-state index contributed by atoms with van der Waals surface area (Å²) in [5, 5.41) is 2.89. The van der Waals surface area contributed by atoms with Crippen LogP contribution in [0.2, 0.25) is 0 Å². The van der Waals surface area contributed by atoms with Gasteiger partial charge >= 0.3 is 6.03 Å². The third-order valence-electron chi connectivity index (χ3n) is 6.84. The van der Waals surface area contributed by atoms with Gasteiger partial charge in [-0.3, -0.25) is 14.5 Å². The molecule has 31 heavy (non-hydrogen) atoms. The van der Waals surface area contributed by atoms with Crippen molar-refractivity contribution >= 4 is 17.8 Å². The number of amides is 4. The van der Waals surface area contributed by atoms with Gasteiger partial charge in [-0.05, 0) is 49.8 Å². The van der Waals surface area contributed by atoms with Gasteiger partial charge in [0.2, 0.25) is 5.91 Å². The lowest BCUT2D eigenvalue weighted by Crippen LogP contribution is -2.44. The first-order chi connectivity index (χ1) is 15.0. The summed E-state index contributed by atoms with van der Waals surface area (Å²) in [7, 11) is 3.20. The van der Waals surface area contributed by atoms with Crippen LogP contribution in [0.15, 0.2) is 18.2 Å². The number of benzene rings is 1. The van der Waals surface area contributed by atoms with E-state index in [0.717, 1.165) is 31.2 Å². The van der Waals surface area contributed by atoms with Crippen molar-refractivity contribution in [1.29, 1.82) is 0 Å². The summed E-state index contributed by atoms with van der Waals surface area (Å²) in [5.74, 6) is 1.25. The molecule has 1 saturated carbocycles. The molecule has 0 unspecified atom stereocenters. The van der Waals surface area contributed by atoms with E-state index in [0.29, 0.717) is 43.7 Å². The Kier molecular flexibility index (Phi) is 6.07. The molecule has 1 atom stereocenters. The standard InChI is InChI=1S/C23H31N3O5/c1-30-18-10-9-16(15-19(18)31-2)17-7-5-13-25(17)20(27)8-6-14-26-21(28)23(24-22(26)29)11-3-4-12-23/h9-10,15,17H,3-8,11-14H2,1-2H3,(H,24,29)/t17-/m1/s1. The average molecular weight is 430 g/mol. The second-order valence-electron chi connectivity index (χ2n) is 8.64. The number of likely N-dealkylation sites (tertiary alicyclic amines) is 1. The zero-order valence-corrected chi connectivity index (χ0v) is 18.3. The molecule has 1 N–H and O–H groups in total. The minimum absolute atomic E-state index is 0.00535. The Morgan fingerprint density at radius 3 is 2.58 bits per heavy atom. The van der Waals surface area contributed by atoms with E-state index < -0.39 is 5.54 Å². The molecule has 0 radical (unpaired) electrons. The summed E-state index contributed by atoms with van der Waals surface area (Å²) < 4.78 is 10.7. The zero-order valence-electron chi connectivity index (χ0n) is 18.3. The van der Waals surface area contributed by atoms with Crippen LogP contribution in [0.3, 0.4) is 0 Å². The third-order valence-corrected chi connectivity index (χ3v) is 6.84. The average Bonchev–Trinajstić information content (AvgIpc) is 3.50. The molecule has 1 aromatic rings. The summed E-state index contributed by atoms with van der Waals surface area (Å²) >= 11 is 0. The molecule has 168 valence electrons. The normalized spacial score (nSPS) is 22.3. The molecule has 4 amide bonds. The lowest BCUT2D eigenvalue weighted by molar-refractivity contribution is -0.134. The van der Waals surface area contributed by atoms with Crippen LogP contribution < -0.4 is 14.8 Å². The van der Waals surface area contributed by atoms with E-state index in [1.54, 1.807) is 14.2 Å². The number of urea groups is 1. The van der Waals surface area contributed by atoms with Crippen molar-refractivity contribution in [3.8, 4) is 11.5 Å². The smallest absolute Gasteiger partial charge is 0.325 e. The van der Waals surface area contributed by atoms with Crippen LogP contribution >= 0.6 is 0 Å². The van der Waals surface area contributed by atoms with E-state index in [1.165, 1.54) is 4.90 Å². The fourth-order valence-corrected chi connectivity index (χ4v) is 5.20. The highest BCUT2D eigenvalue weighted by atomic mass is 16.5. The van der Waals surface area contributed by atoms with Crippen molar-refractivity contribution in [2.75, 3.05) is 27.3 Å². The minimum Gasteiger partial charge on any atom is -0.493 e. The highest BCUT2D eigenvalue weighted by Crippen LogP contribution is 2.38. The van der Waals surface area contributed by atoms with Crippen LogP contribution in [0.5, 0.6) is 11.5 Å². The molecule has 1 spiro atoms. The number of hydrogen-bond acceptors (Lipinski definition) is 5. The maximum absolute atomic E-state index is 13.0. The zero-order chi connectivity index (χ0) is 22.0. The number of hydrogen-bond donors (Lipinski definition) is 1. The van der Waals surface area contributed by atoms with Crippen molar-refractivity contribution in [1.82, 2.24) is 15.1 Å². The topological polar surface area (TPSA) is 88.2 Å². The fourth-order valence-electron chi connectivity index (χ4n) is 5.20. The second-order valence-corrected chi connectivity index (χ2v) is 8.64. The number of rotatable bonds is 7. The van der Waals surface area contributed by atoms with Gasteiger partial charge in [-0.25, -0.2) is 4.79 Å². The Balaban J connectivity index is 1.35. The summed E-state index contributed by atoms with van der Waals surface area (Å²) in [6.07, 6.45) is 5.99. The van der Waals surface area contributed by atoms with Crippen LogP contribution in [0.1, 0.15) is 63.0 Å². The first kappa shape index (κ1) is 21.5. The van der Waals surface area contributed by atoms with E-state index >= 15 is 0 Å². The van der Waals surface area contributed by atoms with Crippen LogP contribution in [-0.4, -0.2) is 60.5 Å². The van der Waals surface area contributed by atoms with Crippen LogP contribution in [0.4, 0.5) is 4.79 Å². The van der Waals surface area contributed by atoms with Gasteiger partial charge in [-0.2, -0.15) is 0 Å². The van der Waals surface area contributed by atoms with Crippen LogP contribution in [0.25, 0.3) is 0 Å². The van der Waals surface area contributed by atoms with E-state index in [2.05, 4.69) is 5.32 Å². The SMILES string of the molecule is COc1ccc([C@H]2CCCN2C(=O)CCCN2C(=O)NC3(CCCC3)C2=O)cc1OC. The molecule has 8 heteroatoms. The molecule has 8 nitrogen and oxygen atoms in total. The van der Waals surface area contributed by atoms with Crippen molar-refractivity contribution in [3.05, 3.63) is 23.8 Å². The maximum Gasteiger partial charge on any atom is 0.325 e. The third kappa shape index (κ3) is 3.95. The molecule has 4 rings (SSSR count). The van der Waals surface area contributed by atoms with E-state index in [4.69, 9.17) is 9.47 Å². The number of nitrogens with one attached hydrogen (secondary N) is 1. The monoisotopic (exact) mass is 429 g/mol. The molecule has 0 aromatic heterocycles. The van der Waals surface area contributed by atoms with Gasteiger partial charge < -0.3 is 19.7 Å². The predicted molar refractivity (Wildman–Crippen MR) is 114 cm³/mol.